The standard InChI is InChI=1S/C17H19N3O2S/c21-16(11-15-4-2-10-23-15)20-8-5-14(6-9-20)19-17(22)13-3-1-7-18-12-13/h1-4,7,10,12,14H,5-6,8-9,11H2,(H,19,22). The fourth-order valence-electron chi connectivity index (χ4n) is 2.71. The summed E-state index contributed by atoms with van der Waals surface area (Å²) in [7, 11) is 0. The molecule has 0 unspecified atom stereocenters. The first-order chi connectivity index (χ1) is 11.2. The molecular weight excluding hydrogens is 310 g/mol. The molecule has 0 atom stereocenters. The number of hydrogen-bond donors (Lipinski definition) is 1. The van der Waals surface area contributed by atoms with Gasteiger partial charge in [-0.1, -0.05) is 6.07 Å². The third-order valence-corrected chi connectivity index (χ3v) is 4.89. The van der Waals surface area contributed by atoms with Gasteiger partial charge in [-0.2, -0.15) is 0 Å². The molecule has 6 heteroatoms. The van der Waals surface area contributed by atoms with Crippen molar-refractivity contribution in [2.75, 3.05) is 13.1 Å². The first-order valence-corrected chi connectivity index (χ1v) is 8.61. The molecule has 120 valence electrons. The Morgan fingerprint density at radius 2 is 2.09 bits per heavy atom. The van der Waals surface area contributed by atoms with Crippen LogP contribution in [0.5, 0.6) is 0 Å². The van der Waals surface area contributed by atoms with Crippen LogP contribution in [0.1, 0.15) is 28.1 Å². The molecule has 3 heterocycles. The minimum atomic E-state index is -0.0959. The summed E-state index contributed by atoms with van der Waals surface area (Å²) in [6, 6.07) is 7.58. The summed E-state index contributed by atoms with van der Waals surface area (Å²) in [5, 5.41) is 5.01. The van der Waals surface area contributed by atoms with Crippen LogP contribution in [-0.2, 0) is 11.2 Å². The normalized spacial score (nSPS) is 15.4. The Labute approximate surface area is 139 Å². The van der Waals surface area contributed by atoms with Crippen molar-refractivity contribution in [3.63, 3.8) is 0 Å². The maximum absolute atomic E-state index is 12.3. The second-order valence-electron chi connectivity index (χ2n) is 5.63. The van der Waals surface area contributed by atoms with E-state index in [-0.39, 0.29) is 17.9 Å². The van der Waals surface area contributed by atoms with Gasteiger partial charge in [-0.3, -0.25) is 14.6 Å². The zero-order valence-electron chi connectivity index (χ0n) is 12.8. The molecule has 0 bridgehead atoms. The number of nitrogens with zero attached hydrogens (tertiary/aromatic N) is 2. The average Bonchev–Trinajstić information content (AvgIpc) is 3.09. The predicted molar refractivity (Wildman–Crippen MR) is 89.3 cm³/mol. The van der Waals surface area contributed by atoms with Crippen LogP contribution in [-0.4, -0.2) is 40.8 Å². The van der Waals surface area contributed by atoms with Crippen molar-refractivity contribution in [2.24, 2.45) is 0 Å². The van der Waals surface area contributed by atoms with E-state index in [4.69, 9.17) is 0 Å². The molecule has 0 aromatic carbocycles. The number of rotatable bonds is 4. The lowest BCUT2D eigenvalue weighted by Gasteiger charge is -2.32. The number of carbonyl (C=O) groups excluding carboxylic acids is 2. The molecule has 2 aromatic rings. The summed E-state index contributed by atoms with van der Waals surface area (Å²) in [6.45, 7) is 1.39. The molecule has 1 N–H and O–H groups in total. The third-order valence-electron chi connectivity index (χ3n) is 4.01. The maximum Gasteiger partial charge on any atom is 0.253 e. The number of piperidine rings is 1. The Kier molecular flexibility index (Phi) is 5.02. The summed E-state index contributed by atoms with van der Waals surface area (Å²) in [5.74, 6) is 0.0750. The van der Waals surface area contributed by atoms with Gasteiger partial charge in [-0.05, 0) is 36.4 Å². The SMILES string of the molecule is O=C(NC1CCN(C(=O)Cc2cccs2)CC1)c1cccnc1. The Morgan fingerprint density at radius 1 is 1.26 bits per heavy atom. The zero-order chi connectivity index (χ0) is 16.1. The number of aromatic nitrogens is 1. The van der Waals surface area contributed by atoms with E-state index in [0.29, 0.717) is 25.1 Å². The molecule has 0 spiro atoms. The largest absolute Gasteiger partial charge is 0.349 e. The highest BCUT2D eigenvalue weighted by atomic mass is 32.1. The lowest BCUT2D eigenvalue weighted by atomic mass is 10.0. The Balaban J connectivity index is 1.47. The van der Waals surface area contributed by atoms with E-state index in [1.54, 1.807) is 35.9 Å². The van der Waals surface area contributed by atoms with Crippen LogP contribution < -0.4 is 5.32 Å². The van der Waals surface area contributed by atoms with Gasteiger partial charge in [0.15, 0.2) is 0 Å². The van der Waals surface area contributed by atoms with E-state index in [1.165, 1.54) is 0 Å². The van der Waals surface area contributed by atoms with Crippen LogP contribution in [0.2, 0.25) is 0 Å². The summed E-state index contributed by atoms with van der Waals surface area (Å²) < 4.78 is 0. The van der Waals surface area contributed by atoms with E-state index < -0.39 is 0 Å². The lowest BCUT2D eigenvalue weighted by Crippen LogP contribution is -2.46. The lowest BCUT2D eigenvalue weighted by molar-refractivity contribution is -0.131. The topological polar surface area (TPSA) is 62.3 Å². The number of thiophene rings is 1. The molecular formula is C17H19N3O2S. The van der Waals surface area contributed by atoms with Crippen LogP contribution >= 0.6 is 11.3 Å². The van der Waals surface area contributed by atoms with E-state index in [9.17, 15) is 9.59 Å². The molecule has 0 radical (unpaired) electrons. The molecule has 0 aliphatic carbocycles. The number of pyridine rings is 1. The second kappa shape index (κ2) is 7.37. The molecule has 0 saturated carbocycles. The number of amides is 2. The van der Waals surface area contributed by atoms with Crippen molar-refractivity contribution >= 4 is 23.2 Å². The minimum Gasteiger partial charge on any atom is -0.349 e. The molecule has 1 fully saturated rings. The van der Waals surface area contributed by atoms with Crippen LogP contribution in [0.3, 0.4) is 0 Å². The Hall–Kier alpha value is -2.21. The van der Waals surface area contributed by atoms with Gasteiger partial charge in [-0.15, -0.1) is 11.3 Å². The zero-order valence-corrected chi connectivity index (χ0v) is 13.6. The molecule has 5 nitrogen and oxygen atoms in total. The molecule has 2 aromatic heterocycles. The van der Waals surface area contributed by atoms with Crippen LogP contribution in [0.25, 0.3) is 0 Å². The average molecular weight is 329 g/mol. The van der Waals surface area contributed by atoms with Gasteiger partial charge in [0.1, 0.15) is 0 Å². The van der Waals surface area contributed by atoms with Crippen LogP contribution in [0.4, 0.5) is 0 Å². The Morgan fingerprint density at radius 3 is 2.74 bits per heavy atom. The van der Waals surface area contributed by atoms with Crippen molar-refractivity contribution in [3.8, 4) is 0 Å². The fourth-order valence-corrected chi connectivity index (χ4v) is 3.41. The molecule has 2 amide bonds. The van der Waals surface area contributed by atoms with Crippen molar-refractivity contribution < 1.29 is 9.59 Å². The number of likely N-dealkylation sites (tertiary alicyclic amines) is 1. The van der Waals surface area contributed by atoms with Gasteiger partial charge in [0.05, 0.1) is 12.0 Å². The second-order valence-corrected chi connectivity index (χ2v) is 6.66. The van der Waals surface area contributed by atoms with Gasteiger partial charge < -0.3 is 10.2 Å². The highest BCUT2D eigenvalue weighted by molar-refractivity contribution is 7.10. The van der Waals surface area contributed by atoms with Crippen molar-refractivity contribution in [1.29, 1.82) is 0 Å². The number of carbonyl (C=O) groups is 2. The number of nitrogens with one attached hydrogen (secondary N) is 1. The monoisotopic (exact) mass is 329 g/mol. The summed E-state index contributed by atoms with van der Waals surface area (Å²) in [6.07, 6.45) is 5.28. The van der Waals surface area contributed by atoms with E-state index in [0.717, 1.165) is 17.7 Å². The summed E-state index contributed by atoms with van der Waals surface area (Å²) >= 11 is 1.61. The number of hydrogen-bond acceptors (Lipinski definition) is 4. The summed E-state index contributed by atoms with van der Waals surface area (Å²) in [4.78, 5) is 31.3. The van der Waals surface area contributed by atoms with Crippen molar-refractivity contribution in [2.45, 2.75) is 25.3 Å². The van der Waals surface area contributed by atoms with Gasteiger partial charge in [-0.25, -0.2) is 0 Å². The molecule has 23 heavy (non-hydrogen) atoms. The van der Waals surface area contributed by atoms with Crippen LogP contribution in [0, 0.1) is 0 Å². The van der Waals surface area contributed by atoms with Crippen molar-refractivity contribution in [3.05, 3.63) is 52.5 Å². The Bertz CT molecular complexity index is 650. The predicted octanol–water partition coefficient (Wildman–Crippen LogP) is 2.11. The quantitative estimate of drug-likeness (QED) is 0.934. The fraction of sp³-hybridized carbons (Fsp3) is 0.353. The highest BCUT2D eigenvalue weighted by Gasteiger charge is 2.24. The smallest absolute Gasteiger partial charge is 0.253 e. The molecule has 1 saturated heterocycles. The van der Waals surface area contributed by atoms with Gasteiger partial charge in [0, 0.05) is 36.4 Å². The van der Waals surface area contributed by atoms with Crippen LogP contribution in [0.15, 0.2) is 42.0 Å². The molecule has 3 rings (SSSR count). The van der Waals surface area contributed by atoms with Crippen molar-refractivity contribution in [1.82, 2.24) is 15.2 Å². The third kappa shape index (κ3) is 4.16. The first kappa shape index (κ1) is 15.7. The van der Waals surface area contributed by atoms with Gasteiger partial charge >= 0.3 is 0 Å². The molecule has 1 aliphatic rings. The first-order valence-electron chi connectivity index (χ1n) is 7.73. The van der Waals surface area contributed by atoms with E-state index >= 15 is 0 Å². The molecule has 1 aliphatic heterocycles. The maximum atomic E-state index is 12.3. The van der Waals surface area contributed by atoms with E-state index in [2.05, 4.69) is 10.3 Å². The summed E-state index contributed by atoms with van der Waals surface area (Å²) in [5.41, 5.74) is 0.573. The minimum absolute atomic E-state index is 0.0959. The highest BCUT2D eigenvalue weighted by Crippen LogP contribution is 2.15. The van der Waals surface area contributed by atoms with Gasteiger partial charge in [0.25, 0.3) is 5.91 Å². The van der Waals surface area contributed by atoms with Gasteiger partial charge in [0.2, 0.25) is 5.91 Å². The van der Waals surface area contributed by atoms with E-state index in [1.807, 2.05) is 22.4 Å².